The lowest BCUT2D eigenvalue weighted by molar-refractivity contribution is -0.148. The van der Waals surface area contributed by atoms with Crippen molar-refractivity contribution in [3.05, 3.63) is 41.4 Å². The van der Waals surface area contributed by atoms with Crippen LogP contribution in [0, 0.1) is 23.2 Å². The third kappa shape index (κ3) is 7.07. The maximum absolute atomic E-state index is 14.2. The average Bonchev–Trinajstić information content (AvgIpc) is 3.78. The summed E-state index contributed by atoms with van der Waals surface area (Å²) in [7, 11) is -3.05. The summed E-state index contributed by atoms with van der Waals surface area (Å²) in [4.78, 5) is 54.8. The number of esters is 1. The Bertz CT molecular complexity index is 1470. The van der Waals surface area contributed by atoms with Crippen LogP contribution in [-0.2, 0) is 38.2 Å². The molecule has 4 aliphatic rings. The lowest BCUT2D eigenvalue weighted by Crippen LogP contribution is -2.59. The van der Waals surface area contributed by atoms with Crippen molar-refractivity contribution in [3.8, 4) is 0 Å². The predicted molar refractivity (Wildman–Crippen MR) is 165 cm³/mol. The van der Waals surface area contributed by atoms with Crippen LogP contribution in [0.1, 0.15) is 52.9 Å². The SMILES string of the molecule is C=C[C@@H]1CC1(NC(=O)[C@@H]1C[C@H](OS(=O)(=O)c2ccc(Br)cc2)CN1C(=O)[C@@H](NC(=O)O[C@@H]1C[C@@H]2C[C@@H]2C1)C(C)(C)C)C(=O)OC. The first-order chi connectivity index (χ1) is 21.1. The minimum absolute atomic E-state index is 0.0885. The smallest absolute Gasteiger partial charge is 0.408 e. The summed E-state index contributed by atoms with van der Waals surface area (Å²) in [6.07, 6.45) is 2.40. The Morgan fingerprint density at radius 3 is 2.27 bits per heavy atom. The number of hydrogen-bond donors (Lipinski definition) is 2. The minimum Gasteiger partial charge on any atom is -0.467 e. The summed E-state index contributed by atoms with van der Waals surface area (Å²) in [5.41, 5.74) is -2.15. The third-order valence-electron chi connectivity index (χ3n) is 9.26. The molecule has 0 bridgehead atoms. The van der Waals surface area contributed by atoms with Gasteiger partial charge in [0.05, 0.1) is 18.1 Å². The van der Waals surface area contributed by atoms with Crippen LogP contribution in [0.25, 0.3) is 0 Å². The molecule has 12 nitrogen and oxygen atoms in total. The fourth-order valence-corrected chi connectivity index (χ4v) is 7.90. The summed E-state index contributed by atoms with van der Waals surface area (Å²) < 4.78 is 43.1. The molecule has 1 unspecified atom stereocenters. The van der Waals surface area contributed by atoms with Gasteiger partial charge in [-0.1, -0.05) is 42.8 Å². The highest BCUT2D eigenvalue weighted by Crippen LogP contribution is 2.52. The average molecular weight is 711 g/mol. The number of amides is 3. The molecule has 3 aliphatic carbocycles. The van der Waals surface area contributed by atoms with E-state index in [9.17, 15) is 27.6 Å². The zero-order valence-corrected chi connectivity index (χ0v) is 28.2. The van der Waals surface area contributed by atoms with Crippen molar-refractivity contribution >= 4 is 49.9 Å². The van der Waals surface area contributed by atoms with Gasteiger partial charge in [0.25, 0.3) is 10.1 Å². The molecule has 0 spiro atoms. The van der Waals surface area contributed by atoms with Gasteiger partial charge in [-0.05, 0) is 67.2 Å². The molecule has 5 rings (SSSR count). The Balaban J connectivity index is 1.37. The van der Waals surface area contributed by atoms with E-state index >= 15 is 0 Å². The quantitative estimate of drug-likeness (QED) is 0.211. The highest BCUT2D eigenvalue weighted by atomic mass is 79.9. The minimum atomic E-state index is -4.26. The van der Waals surface area contributed by atoms with E-state index in [2.05, 4.69) is 33.1 Å². The normalized spacial score (nSPS) is 30.9. The van der Waals surface area contributed by atoms with Gasteiger partial charge in [-0.25, -0.2) is 9.59 Å². The van der Waals surface area contributed by atoms with Crippen molar-refractivity contribution in [2.24, 2.45) is 23.2 Å². The van der Waals surface area contributed by atoms with Crippen molar-refractivity contribution in [1.29, 1.82) is 0 Å². The van der Waals surface area contributed by atoms with E-state index in [1.807, 2.05) is 0 Å². The topological polar surface area (TPSA) is 157 Å². The Kier molecular flexibility index (Phi) is 9.15. The molecule has 246 valence electrons. The molecule has 1 aliphatic heterocycles. The number of rotatable bonds is 10. The van der Waals surface area contributed by atoms with Gasteiger partial charge in [0.15, 0.2) is 0 Å². The van der Waals surface area contributed by atoms with Gasteiger partial charge in [-0.15, -0.1) is 6.58 Å². The maximum Gasteiger partial charge on any atom is 0.408 e. The molecule has 1 heterocycles. The zero-order valence-electron chi connectivity index (χ0n) is 25.8. The number of nitrogens with zero attached hydrogens (tertiary/aromatic N) is 1. The number of ether oxygens (including phenoxy) is 2. The van der Waals surface area contributed by atoms with Crippen LogP contribution in [0.3, 0.4) is 0 Å². The van der Waals surface area contributed by atoms with Crippen molar-refractivity contribution in [1.82, 2.24) is 15.5 Å². The number of fused-ring (bicyclic) bond motifs is 1. The van der Waals surface area contributed by atoms with Gasteiger partial charge in [0.2, 0.25) is 11.8 Å². The van der Waals surface area contributed by atoms with Crippen molar-refractivity contribution in [3.63, 3.8) is 0 Å². The van der Waals surface area contributed by atoms with Gasteiger partial charge in [-0.3, -0.25) is 13.8 Å². The number of alkyl carbamates (subject to hydrolysis) is 1. The van der Waals surface area contributed by atoms with E-state index in [4.69, 9.17) is 13.7 Å². The molecule has 0 radical (unpaired) electrons. The lowest BCUT2D eigenvalue weighted by Gasteiger charge is -2.35. The predicted octanol–water partition coefficient (Wildman–Crippen LogP) is 3.30. The number of likely N-dealkylation sites (tertiary alicyclic amines) is 1. The molecule has 1 aromatic rings. The number of benzene rings is 1. The fraction of sp³-hybridized carbons (Fsp3) is 0.613. The Morgan fingerprint density at radius 2 is 1.71 bits per heavy atom. The first-order valence-corrected chi connectivity index (χ1v) is 17.3. The summed E-state index contributed by atoms with van der Waals surface area (Å²) in [6.45, 7) is 8.77. The molecule has 45 heavy (non-hydrogen) atoms. The molecule has 3 saturated carbocycles. The van der Waals surface area contributed by atoms with E-state index in [1.54, 1.807) is 39.0 Å². The Hall–Kier alpha value is -2.97. The lowest BCUT2D eigenvalue weighted by atomic mass is 9.85. The number of halogens is 1. The van der Waals surface area contributed by atoms with Crippen LogP contribution in [0.4, 0.5) is 4.79 Å². The van der Waals surface area contributed by atoms with E-state index in [0.29, 0.717) is 16.3 Å². The molecule has 8 atom stereocenters. The van der Waals surface area contributed by atoms with Crippen LogP contribution < -0.4 is 10.6 Å². The molecule has 0 aromatic heterocycles. The molecular weight excluding hydrogens is 670 g/mol. The molecule has 4 fully saturated rings. The molecule has 2 N–H and O–H groups in total. The number of carbonyl (C=O) groups is 4. The maximum atomic E-state index is 14.2. The summed E-state index contributed by atoms with van der Waals surface area (Å²) in [5, 5.41) is 5.45. The Labute approximate surface area is 271 Å². The molecule has 3 amide bonds. The number of methoxy groups -OCH3 is 1. The highest BCUT2D eigenvalue weighted by Gasteiger charge is 2.62. The second-order valence-corrected chi connectivity index (χ2v) is 16.1. The van der Waals surface area contributed by atoms with Gasteiger partial charge >= 0.3 is 12.1 Å². The molecule has 1 saturated heterocycles. The van der Waals surface area contributed by atoms with Crippen molar-refractivity contribution < 1.29 is 41.3 Å². The Morgan fingerprint density at radius 1 is 1.07 bits per heavy atom. The van der Waals surface area contributed by atoms with Crippen molar-refractivity contribution in [2.75, 3.05) is 13.7 Å². The van der Waals surface area contributed by atoms with Crippen LogP contribution in [0.2, 0.25) is 0 Å². The molecule has 14 heteroatoms. The summed E-state index contributed by atoms with van der Waals surface area (Å²) in [5.74, 6) is -1.11. The number of carbonyl (C=O) groups excluding carboxylic acids is 4. The van der Waals surface area contributed by atoms with Gasteiger partial charge in [0, 0.05) is 23.4 Å². The summed E-state index contributed by atoms with van der Waals surface area (Å²) >= 11 is 3.27. The largest absolute Gasteiger partial charge is 0.467 e. The van der Waals surface area contributed by atoms with Crippen molar-refractivity contribution in [2.45, 2.75) is 87.6 Å². The standard InChI is InChI=1S/C31H40BrN3O9S/c1-6-19-15-31(19,28(38)42-5)34-26(36)24-14-22(44-45(40,41)23-9-7-20(32)8-10-23)16-35(24)27(37)25(30(2,3)4)33-29(39)43-21-12-17-11-18(17)13-21/h6-10,17-19,21-22,24-25H,1,11-16H2,2-5H3,(H,33,39)(H,34,36)/t17-,18+,19-,21+,22+,24+,25-,31?/m1/s1. The highest BCUT2D eigenvalue weighted by molar-refractivity contribution is 9.10. The molecule has 1 aromatic carbocycles. The molecular formula is C31H40BrN3O9S. The van der Waals surface area contributed by atoms with E-state index in [0.717, 1.165) is 19.3 Å². The summed E-state index contributed by atoms with van der Waals surface area (Å²) in [6, 6.07) is 3.55. The fourth-order valence-electron chi connectivity index (χ4n) is 6.56. The van der Waals surface area contributed by atoms with Crippen LogP contribution >= 0.6 is 15.9 Å². The monoisotopic (exact) mass is 709 g/mol. The third-order valence-corrected chi connectivity index (χ3v) is 11.2. The van der Waals surface area contributed by atoms with Crippen LogP contribution in [0.15, 0.2) is 46.3 Å². The second kappa shape index (κ2) is 12.3. The first-order valence-electron chi connectivity index (χ1n) is 15.1. The second-order valence-electron chi connectivity index (χ2n) is 13.6. The van der Waals surface area contributed by atoms with E-state index < -0.39 is 63.1 Å². The number of hydrogen-bond acceptors (Lipinski definition) is 9. The number of nitrogens with one attached hydrogen (secondary N) is 2. The zero-order chi connectivity index (χ0) is 32.9. The van der Waals surface area contributed by atoms with E-state index in [-0.39, 0.29) is 36.3 Å². The van der Waals surface area contributed by atoms with Gasteiger partial charge < -0.3 is 25.0 Å². The van der Waals surface area contributed by atoms with Gasteiger partial charge in [-0.2, -0.15) is 8.42 Å². The first kappa shape index (κ1) is 33.4. The van der Waals surface area contributed by atoms with Crippen LogP contribution in [0.5, 0.6) is 0 Å². The van der Waals surface area contributed by atoms with Gasteiger partial charge in [0.1, 0.15) is 23.7 Å². The van der Waals surface area contributed by atoms with Crippen LogP contribution in [-0.4, -0.2) is 80.7 Å². The van der Waals surface area contributed by atoms with E-state index in [1.165, 1.54) is 24.1 Å².